The molecule has 0 amide bonds. The van der Waals surface area contributed by atoms with Crippen LogP contribution in [0.5, 0.6) is 0 Å². The van der Waals surface area contributed by atoms with Gasteiger partial charge in [-0.1, -0.05) is 11.8 Å². The average Bonchev–Trinajstić information content (AvgIpc) is 3.19. The summed E-state index contributed by atoms with van der Waals surface area (Å²) in [6.07, 6.45) is 7.24. The van der Waals surface area contributed by atoms with Gasteiger partial charge in [-0.05, 0) is 42.5 Å². The van der Waals surface area contributed by atoms with E-state index in [-0.39, 0.29) is 0 Å². The number of nitrogens with zero attached hydrogens (tertiary/aromatic N) is 3. The van der Waals surface area contributed by atoms with Crippen molar-refractivity contribution in [1.82, 2.24) is 19.5 Å². The molecule has 0 unspecified atom stereocenters. The second-order valence-corrected chi connectivity index (χ2v) is 5.79. The number of imidazole rings is 2. The number of nitrogens with one attached hydrogen (secondary N) is 1. The smallest absolute Gasteiger partial charge is 0.0991 e. The van der Waals surface area contributed by atoms with Crippen LogP contribution in [0.25, 0.3) is 16.7 Å². The minimum atomic E-state index is 0.995. The van der Waals surface area contributed by atoms with E-state index in [1.54, 1.807) is 30.6 Å². The van der Waals surface area contributed by atoms with Crippen LogP contribution in [0, 0.1) is 0 Å². The molecule has 2 heterocycles. The van der Waals surface area contributed by atoms with Crippen molar-refractivity contribution in [2.45, 2.75) is 9.79 Å². The summed E-state index contributed by atoms with van der Waals surface area (Å²) in [7, 11) is 0. The van der Waals surface area contributed by atoms with E-state index in [1.165, 1.54) is 9.79 Å². The van der Waals surface area contributed by atoms with Crippen molar-refractivity contribution in [3.8, 4) is 5.69 Å². The number of benzene rings is 2. The maximum Gasteiger partial charge on any atom is 0.0991 e. The van der Waals surface area contributed by atoms with Gasteiger partial charge in [0.05, 0.1) is 23.7 Å². The number of rotatable bonds is 3. The highest BCUT2D eigenvalue weighted by Crippen LogP contribution is 2.29. The standard InChI is InChI=1S/C16H12N4S/c1-3-13(4-2-12(1)20-8-7-17-11-20)21-14-5-6-15-16(9-14)19-10-18-15/h1-11H,(H,18,19). The highest BCUT2D eigenvalue weighted by Gasteiger charge is 2.02. The van der Waals surface area contributed by atoms with E-state index < -0.39 is 0 Å². The molecule has 0 fully saturated rings. The van der Waals surface area contributed by atoms with Crippen molar-refractivity contribution in [2.24, 2.45) is 0 Å². The molecule has 21 heavy (non-hydrogen) atoms. The lowest BCUT2D eigenvalue weighted by atomic mass is 10.3. The summed E-state index contributed by atoms with van der Waals surface area (Å²) in [6, 6.07) is 14.7. The molecule has 5 heteroatoms. The summed E-state index contributed by atoms with van der Waals surface area (Å²) in [6.45, 7) is 0. The van der Waals surface area contributed by atoms with E-state index >= 15 is 0 Å². The zero-order valence-corrected chi connectivity index (χ0v) is 11.9. The Labute approximate surface area is 125 Å². The van der Waals surface area contributed by atoms with Gasteiger partial charge in [0.1, 0.15) is 0 Å². The Morgan fingerprint density at radius 3 is 2.67 bits per heavy atom. The molecule has 102 valence electrons. The number of hydrogen-bond donors (Lipinski definition) is 1. The van der Waals surface area contributed by atoms with Crippen LogP contribution < -0.4 is 0 Å². The average molecular weight is 292 g/mol. The first-order chi connectivity index (χ1) is 10.4. The Bertz CT molecular complexity index is 863. The molecule has 4 nitrogen and oxygen atoms in total. The minimum Gasteiger partial charge on any atom is -0.345 e. The third kappa shape index (κ3) is 2.43. The lowest BCUT2D eigenvalue weighted by Crippen LogP contribution is -1.88. The van der Waals surface area contributed by atoms with Gasteiger partial charge in [0.2, 0.25) is 0 Å². The monoisotopic (exact) mass is 292 g/mol. The van der Waals surface area contributed by atoms with E-state index in [9.17, 15) is 0 Å². The van der Waals surface area contributed by atoms with Crippen LogP contribution in [-0.4, -0.2) is 19.5 Å². The predicted octanol–water partition coefficient (Wildman–Crippen LogP) is 3.90. The molecule has 0 atom stereocenters. The Morgan fingerprint density at radius 2 is 1.86 bits per heavy atom. The van der Waals surface area contributed by atoms with E-state index in [4.69, 9.17) is 0 Å². The second-order valence-electron chi connectivity index (χ2n) is 4.65. The SMILES string of the molecule is c1cn(-c2ccc(Sc3ccc4nc[nH]c4c3)cc2)cn1. The summed E-state index contributed by atoms with van der Waals surface area (Å²) in [5.41, 5.74) is 3.17. The first-order valence-corrected chi connectivity index (χ1v) is 7.39. The van der Waals surface area contributed by atoms with Crippen molar-refractivity contribution in [3.05, 3.63) is 67.5 Å². The van der Waals surface area contributed by atoms with Gasteiger partial charge in [0.25, 0.3) is 0 Å². The molecular weight excluding hydrogens is 280 g/mol. The predicted molar refractivity (Wildman–Crippen MR) is 83.8 cm³/mol. The van der Waals surface area contributed by atoms with Gasteiger partial charge in [-0.25, -0.2) is 9.97 Å². The van der Waals surface area contributed by atoms with Crippen LogP contribution in [0.2, 0.25) is 0 Å². The van der Waals surface area contributed by atoms with Gasteiger partial charge in [0.15, 0.2) is 0 Å². The Kier molecular flexibility index (Phi) is 2.97. The van der Waals surface area contributed by atoms with Gasteiger partial charge >= 0.3 is 0 Å². The molecular formula is C16H12N4S. The molecule has 0 saturated heterocycles. The summed E-state index contributed by atoms with van der Waals surface area (Å²) in [5, 5.41) is 0. The van der Waals surface area contributed by atoms with Gasteiger partial charge in [-0.3, -0.25) is 0 Å². The van der Waals surface area contributed by atoms with Crippen molar-refractivity contribution in [2.75, 3.05) is 0 Å². The topological polar surface area (TPSA) is 46.5 Å². The molecule has 4 rings (SSSR count). The first-order valence-electron chi connectivity index (χ1n) is 6.58. The summed E-state index contributed by atoms with van der Waals surface area (Å²) >= 11 is 1.74. The summed E-state index contributed by atoms with van der Waals surface area (Å²) < 4.78 is 1.99. The molecule has 2 aromatic heterocycles. The molecule has 0 aliphatic heterocycles. The van der Waals surface area contributed by atoms with Crippen LogP contribution >= 0.6 is 11.8 Å². The molecule has 0 aliphatic carbocycles. The third-order valence-electron chi connectivity index (χ3n) is 3.27. The maximum absolute atomic E-state index is 4.23. The Balaban J connectivity index is 1.59. The normalized spacial score (nSPS) is 11.0. The largest absolute Gasteiger partial charge is 0.345 e. The molecule has 0 aliphatic rings. The van der Waals surface area contributed by atoms with Gasteiger partial charge in [-0.2, -0.15) is 0 Å². The van der Waals surface area contributed by atoms with Crippen LogP contribution in [0.1, 0.15) is 0 Å². The van der Waals surface area contributed by atoms with Gasteiger partial charge in [-0.15, -0.1) is 0 Å². The molecule has 1 N–H and O–H groups in total. The highest BCUT2D eigenvalue weighted by atomic mass is 32.2. The number of aromatic nitrogens is 4. The molecule has 0 saturated carbocycles. The van der Waals surface area contributed by atoms with Crippen LogP contribution in [0.3, 0.4) is 0 Å². The van der Waals surface area contributed by atoms with Crippen molar-refractivity contribution < 1.29 is 0 Å². The van der Waals surface area contributed by atoms with E-state index in [0.717, 1.165) is 16.7 Å². The van der Waals surface area contributed by atoms with E-state index in [1.807, 2.05) is 16.8 Å². The number of hydrogen-bond acceptors (Lipinski definition) is 3. The number of H-pyrrole nitrogens is 1. The number of fused-ring (bicyclic) bond motifs is 1. The quantitative estimate of drug-likeness (QED) is 0.623. The lowest BCUT2D eigenvalue weighted by molar-refractivity contribution is 1.05. The Hall–Kier alpha value is -2.53. The lowest BCUT2D eigenvalue weighted by Gasteiger charge is -2.05. The molecule has 0 bridgehead atoms. The van der Waals surface area contributed by atoms with Crippen molar-refractivity contribution in [3.63, 3.8) is 0 Å². The summed E-state index contributed by atoms with van der Waals surface area (Å²) in [4.78, 5) is 13.8. The van der Waals surface area contributed by atoms with E-state index in [2.05, 4.69) is 51.4 Å². The third-order valence-corrected chi connectivity index (χ3v) is 4.26. The fourth-order valence-corrected chi connectivity index (χ4v) is 3.07. The minimum absolute atomic E-state index is 0.995. The molecule has 0 spiro atoms. The van der Waals surface area contributed by atoms with Crippen molar-refractivity contribution in [1.29, 1.82) is 0 Å². The molecule has 2 aromatic carbocycles. The van der Waals surface area contributed by atoms with Crippen LogP contribution in [0.4, 0.5) is 0 Å². The number of aromatic amines is 1. The molecule has 0 radical (unpaired) electrons. The van der Waals surface area contributed by atoms with E-state index in [0.29, 0.717) is 0 Å². The first kappa shape index (κ1) is 12.2. The van der Waals surface area contributed by atoms with Gasteiger partial charge < -0.3 is 9.55 Å². The zero-order valence-electron chi connectivity index (χ0n) is 11.1. The summed E-state index contributed by atoms with van der Waals surface area (Å²) in [5.74, 6) is 0. The fraction of sp³-hybridized carbons (Fsp3) is 0. The highest BCUT2D eigenvalue weighted by molar-refractivity contribution is 7.99. The Morgan fingerprint density at radius 1 is 1.00 bits per heavy atom. The van der Waals surface area contributed by atoms with Crippen LogP contribution in [-0.2, 0) is 0 Å². The van der Waals surface area contributed by atoms with Crippen molar-refractivity contribution >= 4 is 22.8 Å². The molecule has 4 aromatic rings. The van der Waals surface area contributed by atoms with Crippen LogP contribution in [0.15, 0.2) is 77.3 Å². The zero-order chi connectivity index (χ0) is 14.1. The fourth-order valence-electron chi connectivity index (χ4n) is 2.21. The second kappa shape index (κ2) is 5.10. The van der Waals surface area contributed by atoms with Gasteiger partial charge in [0, 0.05) is 27.9 Å². The maximum atomic E-state index is 4.23.